The van der Waals surface area contributed by atoms with Crippen LogP contribution in [0.4, 0.5) is 5.69 Å². The van der Waals surface area contributed by atoms with Crippen LogP contribution in [-0.4, -0.2) is 34.8 Å². The Hall–Kier alpha value is -2.11. The number of nitrogen functional groups attached to an aromatic ring is 1. The van der Waals surface area contributed by atoms with Crippen molar-refractivity contribution in [3.63, 3.8) is 0 Å². The first kappa shape index (κ1) is 13.3. The normalized spacial score (nSPS) is 22.5. The number of anilines is 1. The fraction of sp³-hybridized carbons (Fsp3) is 0.462. The van der Waals surface area contributed by atoms with Crippen LogP contribution in [0.1, 0.15) is 19.0 Å². The molecule has 1 aromatic heterocycles. The predicted octanol–water partition coefficient (Wildman–Crippen LogP) is -0.0698. The Kier molecular flexibility index (Phi) is 3.42. The van der Waals surface area contributed by atoms with Crippen molar-refractivity contribution in [3.05, 3.63) is 24.0 Å². The van der Waals surface area contributed by atoms with Gasteiger partial charge in [-0.15, -0.1) is 0 Å². The number of pyridine rings is 1. The molecule has 0 spiro atoms. The van der Waals surface area contributed by atoms with E-state index < -0.39 is 5.41 Å². The summed E-state index contributed by atoms with van der Waals surface area (Å²) >= 11 is 0. The smallest absolute Gasteiger partial charge is 0.228 e. The third kappa shape index (κ3) is 2.83. The average molecular weight is 262 g/mol. The van der Waals surface area contributed by atoms with Gasteiger partial charge in [0.25, 0.3) is 0 Å². The Bertz CT molecular complexity index is 500. The maximum Gasteiger partial charge on any atom is 0.228 e. The van der Waals surface area contributed by atoms with E-state index in [1.54, 1.807) is 24.0 Å². The first-order valence-corrected chi connectivity index (χ1v) is 6.19. The molecule has 6 heteroatoms. The molecule has 2 amide bonds. The number of hydrogen-bond donors (Lipinski definition) is 2. The van der Waals surface area contributed by atoms with Crippen molar-refractivity contribution >= 4 is 17.5 Å². The molecule has 0 saturated carbocycles. The molecule has 102 valence electrons. The number of likely N-dealkylation sites (tertiary alicyclic amines) is 1. The topological polar surface area (TPSA) is 102 Å². The van der Waals surface area contributed by atoms with Gasteiger partial charge < -0.3 is 16.4 Å². The lowest BCUT2D eigenvalue weighted by atomic mass is 9.89. The van der Waals surface area contributed by atoms with Gasteiger partial charge in [-0.1, -0.05) is 0 Å². The molecule has 0 aromatic carbocycles. The summed E-state index contributed by atoms with van der Waals surface area (Å²) in [5, 5.41) is 0. The molecule has 6 nitrogen and oxygen atoms in total. The summed E-state index contributed by atoms with van der Waals surface area (Å²) in [6.07, 6.45) is 2.36. The Morgan fingerprint density at radius 2 is 2.21 bits per heavy atom. The number of carbonyl (C=O) groups excluding carboxylic acids is 2. The quantitative estimate of drug-likeness (QED) is 0.796. The highest BCUT2D eigenvalue weighted by Crippen LogP contribution is 2.29. The minimum atomic E-state index is -0.607. The molecule has 4 N–H and O–H groups in total. The fourth-order valence-corrected chi connectivity index (χ4v) is 2.18. The molecule has 0 bridgehead atoms. The van der Waals surface area contributed by atoms with Crippen molar-refractivity contribution < 1.29 is 9.59 Å². The lowest BCUT2D eigenvalue weighted by Gasteiger charge is -2.21. The van der Waals surface area contributed by atoms with E-state index in [4.69, 9.17) is 11.5 Å². The van der Waals surface area contributed by atoms with E-state index in [2.05, 4.69) is 4.98 Å². The van der Waals surface area contributed by atoms with Crippen LogP contribution in [0.3, 0.4) is 0 Å². The monoisotopic (exact) mass is 262 g/mol. The second kappa shape index (κ2) is 4.87. The van der Waals surface area contributed by atoms with Crippen LogP contribution in [0.25, 0.3) is 0 Å². The van der Waals surface area contributed by atoms with E-state index >= 15 is 0 Å². The van der Waals surface area contributed by atoms with Crippen LogP contribution < -0.4 is 11.5 Å². The van der Waals surface area contributed by atoms with E-state index in [-0.39, 0.29) is 18.2 Å². The molecule has 19 heavy (non-hydrogen) atoms. The molecule has 1 fully saturated rings. The van der Waals surface area contributed by atoms with Crippen molar-refractivity contribution in [1.82, 2.24) is 9.88 Å². The highest BCUT2D eigenvalue weighted by molar-refractivity contribution is 5.84. The summed E-state index contributed by atoms with van der Waals surface area (Å²) in [6.45, 7) is 2.74. The van der Waals surface area contributed by atoms with Gasteiger partial charge in [-0.3, -0.25) is 14.6 Å². The van der Waals surface area contributed by atoms with Crippen LogP contribution in [0, 0.1) is 5.41 Å². The number of rotatable bonds is 3. The summed E-state index contributed by atoms with van der Waals surface area (Å²) in [5.74, 6) is -0.393. The van der Waals surface area contributed by atoms with Crippen molar-refractivity contribution in [2.24, 2.45) is 11.1 Å². The molecule has 0 radical (unpaired) electrons. The largest absolute Gasteiger partial charge is 0.397 e. The van der Waals surface area contributed by atoms with Crippen LogP contribution in [-0.2, 0) is 16.0 Å². The number of primary amides is 1. The average Bonchev–Trinajstić information content (AvgIpc) is 2.76. The van der Waals surface area contributed by atoms with Crippen LogP contribution in [0.2, 0.25) is 0 Å². The molecule has 1 unspecified atom stereocenters. The summed E-state index contributed by atoms with van der Waals surface area (Å²) < 4.78 is 0. The second-order valence-electron chi connectivity index (χ2n) is 5.25. The third-order valence-corrected chi connectivity index (χ3v) is 3.60. The maximum absolute atomic E-state index is 12.1. The van der Waals surface area contributed by atoms with Gasteiger partial charge >= 0.3 is 0 Å². The molecule has 2 rings (SSSR count). The van der Waals surface area contributed by atoms with Gasteiger partial charge in [0.1, 0.15) is 0 Å². The summed E-state index contributed by atoms with van der Waals surface area (Å²) in [4.78, 5) is 29.2. The summed E-state index contributed by atoms with van der Waals surface area (Å²) in [6, 6.07) is 3.45. The van der Waals surface area contributed by atoms with E-state index in [0.717, 1.165) is 0 Å². The first-order valence-electron chi connectivity index (χ1n) is 6.19. The molecule has 1 saturated heterocycles. The van der Waals surface area contributed by atoms with Crippen molar-refractivity contribution in [1.29, 1.82) is 0 Å². The fourth-order valence-electron chi connectivity index (χ4n) is 2.18. The highest BCUT2D eigenvalue weighted by Gasteiger charge is 2.40. The Morgan fingerprint density at radius 1 is 1.47 bits per heavy atom. The van der Waals surface area contributed by atoms with Gasteiger partial charge in [0, 0.05) is 18.8 Å². The molecule has 1 aliphatic rings. The predicted molar refractivity (Wildman–Crippen MR) is 70.9 cm³/mol. The molecular weight excluding hydrogens is 244 g/mol. The van der Waals surface area contributed by atoms with Crippen molar-refractivity contribution in [2.45, 2.75) is 19.8 Å². The van der Waals surface area contributed by atoms with Gasteiger partial charge in [-0.25, -0.2) is 0 Å². The first-order chi connectivity index (χ1) is 8.90. The SMILES string of the molecule is CC1(C(N)=O)CCN(C(=O)Cc2ccc(N)cn2)C1. The van der Waals surface area contributed by atoms with E-state index in [1.807, 2.05) is 0 Å². The Morgan fingerprint density at radius 3 is 2.74 bits per heavy atom. The molecule has 1 atom stereocenters. The van der Waals surface area contributed by atoms with Gasteiger partial charge in [-0.2, -0.15) is 0 Å². The molecule has 0 aliphatic carbocycles. The number of aromatic nitrogens is 1. The van der Waals surface area contributed by atoms with Crippen LogP contribution >= 0.6 is 0 Å². The zero-order valence-corrected chi connectivity index (χ0v) is 10.9. The summed E-state index contributed by atoms with van der Waals surface area (Å²) in [7, 11) is 0. The van der Waals surface area contributed by atoms with Gasteiger partial charge in [0.2, 0.25) is 11.8 Å². The number of hydrogen-bond acceptors (Lipinski definition) is 4. The number of nitrogens with two attached hydrogens (primary N) is 2. The van der Waals surface area contributed by atoms with E-state index in [1.165, 1.54) is 6.20 Å². The summed E-state index contributed by atoms with van der Waals surface area (Å²) in [5.41, 5.74) is 11.5. The molecule has 1 aromatic rings. The van der Waals surface area contributed by atoms with E-state index in [9.17, 15) is 9.59 Å². The number of nitrogens with zero attached hydrogens (tertiary/aromatic N) is 2. The minimum Gasteiger partial charge on any atom is -0.397 e. The van der Waals surface area contributed by atoms with E-state index in [0.29, 0.717) is 30.9 Å². The van der Waals surface area contributed by atoms with Gasteiger partial charge in [0.15, 0.2) is 0 Å². The molecule has 2 heterocycles. The zero-order valence-electron chi connectivity index (χ0n) is 10.9. The van der Waals surface area contributed by atoms with Gasteiger partial charge in [0.05, 0.1) is 23.7 Å². The highest BCUT2D eigenvalue weighted by atomic mass is 16.2. The third-order valence-electron chi connectivity index (χ3n) is 3.60. The lowest BCUT2D eigenvalue weighted by Crippen LogP contribution is -2.39. The maximum atomic E-state index is 12.1. The zero-order chi connectivity index (χ0) is 14.0. The van der Waals surface area contributed by atoms with Crippen molar-refractivity contribution in [3.8, 4) is 0 Å². The second-order valence-corrected chi connectivity index (χ2v) is 5.25. The standard InChI is InChI=1S/C13H18N4O2/c1-13(12(15)19)4-5-17(8-13)11(18)6-10-3-2-9(14)7-16-10/h2-3,7H,4-6,8,14H2,1H3,(H2,15,19). The molecular formula is C13H18N4O2. The Labute approximate surface area is 111 Å². The minimum absolute atomic E-state index is 0.0396. The van der Waals surface area contributed by atoms with Crippen LogP contribution in [0.5, 0.6) is 0 Å². The lowest BCUT2D eigenvalue weighted by molar-refractivity contribution is -0.131. The number of amides is 2. The van der Waals surface area contributed by atoms with Crippen molar-refractivity contribution in [2.75, 3.05) is 18.8 Å². The van der Waals surface area contributed by atoms with Crippen LogP contribution in [0.15, 0.2) is 18.3 Å². The van der Waals surface area contributed by atoms with Gasteiger partial charge in [-0.05, 0) is 25.5 Å². The molecule has 1 aliphatic heterocycles. The Balaban J connectivity index is 1.98. The number of carbonyl (C=O) groups is 2.